The Balaban J connectivity index is 1.48. The fraction of sp³-hybridized carbons (Fsp3) is 0.107. The van der Waals surface area contributed by atoms with Gasteiger partial charge in [-0.2, -0.15) is 5.10 Å². The van der Waals surface area contributed by atoms with Crippen LogP contribution in [-0.4, -0.2) is 39.7 Å². The molecule has 0 unspecified atom stereocenters. The number of ether oxygens (including phenoxy) is 2. The predicted molar refractivity (Wildman–Crippen MR) is 144 cm³/mol. The van der Waals surface area contributed by atoms with E-state index in [0.29, 0.717) is 23.5 Å². The molecule has 0 radical (unpaired) electrons. The third-order valence-electron chi connectivity index (χ3n) is 5.39. The van der Waals surface area contributed by atoms with Crippen molar-refractivity contribution < 1.29 is 27.5 Å². The van der Waals surface area contributed by atoms with Crippen LogP contribution in [0.1, 0.15) is 22.8 Å². The summed E-state index contributed by atoms with van der Waals surface area (Å²) >= 11 is 0. The Labute approximate surface area is 220 Å². The maximum Gasteiger partial charge on any atom is 0.343 e. The number of rotatable bonds is 10. The zero-order valence-corrected chi connectivity index (χ0v) is 21.3. The molecule has 0 saturated heterocycles. The van der Waals surface area contributed by atoms with Crippen LogP contribution >= 0.6 is 0 Å². The van der Waals surface area contributed by atoms with Crippen molar-refractivity contribution in [2.45, 2.75) is 11.8 Å². The Morgan fingerprint density at radius 1 is 0.895 bits per heavy atom. The number of nitrogens with zero attached hydrogens (tertiary/aromatic N) is 1. The number of nitrogens with one attached hydrogen (secondary N) is 2. The van der Waals surface area contributed by atoms with Gasteiger partial charge in [-0.3, -0.25) is 4.79 Å². The van der Waals surface area contributed by atoms with Gasteiger partial charge in [0.15, 0.2) is 0 Å². The monoisotopic (exact) mass is 531 g/mol. The highest BCUT2D eigenvalue weighted by Crippen LogP contribution is 2.27. The Bertz CT molecular complexity index is 1570. The van der Waals surface area contributed by atoms with Gasteiger partial charge in [0.2, 0.25) is 10.0 Å². The molecular formula is C28H25N3O6S. The number of fused-ring (bicyclic) bond motifs is 1. The van der Waals surface area contributed by atoms with Crippen molar-refractivity contribution in [2.75, 3.05) is 13.2 Å². The average molecular weight is 532 g/mol. The third-order valence-corrected chi connectivity index (χ3v) is 6.81. The molecule has 1 amide bonds. The summed E-state index contributed by atoms with van der Waals surface area (Å²) in [6.45, 7) is 1.87. The number of hydrogen-bond acceptors (Lipinski definition) is 7. The number of amides is 1. The van der Waals surface area contributed by atoms with E-state index < -0.39 is 28.4 Å². The van der Waals surface area contributed by atoms with Gasteiger partial charge in [-0.1, -0.05) is 48.5 Å². The molecule has 4 aromatic rings. The van der Waals surface area contributed by atoms with Crippen molar-refractivity contribution in [3.05, 3.63) is 102 Å². The Morgan fingerprint density at radius 2 is 1.61 bits per heavy atom. The SMILES string of the molecule is CCOc1ccc(C(=O)Oc2ccc3ccccc3c2/C=N\NC(=O)CNS(=O)(=O)c2ccccc2)cc1. The first-order valence-corrected chi connectivity index (χ1v) is 13.2. The Morgan fingerprint density at radius 3 is 2.34 bits per heavy atom. The van der Waals surface area contributed by atoms with Crippen LogP contribution in [0, 0.1) is 0 Å². The van der Waals surface area contributed by atoms with Crippen LogP contribution in [0.15, 0.2) is 101 Å². The molecule has 0 bridgehead atoms. The molecule has 0 fully saturated rings. The Hall–Kier alpha value is -4.54. The van der Waals surface area contributed by atoms with E-state index in [4.69, 9.17) is 9.47 Å². The van der Waals surface area contributed by atoms with Crippen molar-refractivity contribution in [3.63, 3.8) is 0 Å². The second kappa shape index (κ2) is 12.1. The lowest BCUT2D eigenvalue weighted by atomic mass is 10.0. The summed E-state index contributed by atoms with van der Waals surface area (Å²) in [5.41, 5.74) is 3.10. The summed E-state index contributed by atoms with van der Waals surface area (Å²) in [6, 6.07) is 25.2. The minimum absolute atomic E-state index is 0.0473. The first-order chi connectivity index (χ1) is 18.4. The van der Waals surface area contributed by atoms with Gasteiger partial charge in [0.1, 0.15) is 11.5 Å². The van der Waals surface area contributed by atoms with Crippen LogP contribution < -0.4 is 19.6 Å². The molecule has 0 aliphatic carbocycles. The largest absolute Gasteiger partial charge is 0.494 e. The summed E-state index contributed by atoms with van der Waals surface area (Å²) in [5.74, 6) is -0.360. The van der Waals surface area contributed by atoms with E-state index in [1.807, 2.05) is 37.3 Å². The molecule has 0 spiro atoms. The third kappa shape index (κ3) is 6.61. The zero-order chi connectivity index (χ0) is 27.0. The molecule has 4 aromatic carbocycles. The fourth-order valence-corrected chi connectivity index (χ4v) is 4.57. The van der Waals surface area contributed by atoms with Gasteiger partial charge in [-0.25, -0.2) is 23.4 Å². The summed E-state index contributed by atoms with van der Waals surface area (Å²) in [7, 11) is -3.84. The van der Waals surface area contributed by atoms with Gasteiger partial charge < -0.3 is 9.47 Å². The first-order valence-electron chi connectivity index (χ1n) is 11.7. The normalized spacial score (nSPS) is 11.4. The number of carbonyl (C=O) groups excluding carboxylic acids is 2. The van der Waals surface area contributed by atoms with Crippen LogP contribution in [0.3, 0.4) is 0 Å². The lowest BCUT2D eigenvalue weighted by molar-refractivity contribution is -0.119. The summed E-state index contributed by atoms with van der Waals surface area (Å²) in [4.78, 5) is 25.1. The second-order valence-electron chi connectivity index (χ2n) is 7.98. The van der Waals surface area contributed by atoms with Crippen molar-refractivity contribution in [1.29, 1.82) is 0 Å². The van der Waals surface area contributed by atoms with Crippen molar-refractivity contribution >= 4 is 38.9 Å². The van der Waals surface area contributed by atoms with Crippen LogP contribution in [0.4, 0.5) is 0 Å². The molecule has 0 aromatic heterocycles. The predicted octanol–water partition coefficient (Wildman–Crippen LogP) is 3.89. The number of hydrazone groups is 1. The van der Waals surface area contributed by atoms with E-state index in [1.165, 1.54) is 18.3 Å². The molecule has 2 N–H and O–H groups in total. The van der Waals surface area contributed by atoms with Gasteiger partial charge in [-0.05, 0) is 60.2 Å². The van der Waals surface area contributed by atoms with Gasteiger partial charge in [0.05, 0.1) is 29.8 Å². The number of benzene rings is 4. The number of esters is 1. The van der Waals surface area contributed by atoms with Gasteiger partial charge in [0, 0.05) is 5.56 Å². The fourth-order valence-electron chi connectivity index (χ4n) is 3.56. The number of sulfonamides is 1. The molecule has 38 heavy (non-hydrogen) atoms. The molecule has 0 aliphatic rings. The minimum atomic E-state index is -3.84. The van der Waals surface area contributed by atoms with Gasteiger partial charge in [0.25, 0.3) is 5.91 Å². The van der Waals surface area contributed by atoms with E-state index in [9.17, 15) is 18.0 Å². The first kappa shape index (κ1) is 26.5. The van der Waals surface area contributed by atoms with E-state index in [1.54, 1.807) is 48.5 Å². The molecule has 10 heteroatoms. The summed E-state index contributed by atoms with van der Waals surface area (Å²) in [6.07, 6.45) is 1.35. The molecule has 0 saturated carbocycles. The standard InChI is InChI=1S/C28H25N3O6S/c1-2-36-22-15-12-21(13-16-22)28(33)37-26-17-14-20-8-6-7-11-24(20)25(26)18-29-31-27(32)19-30-38(34,35)23-9-4-3-5-10-23/h3-18,30H,2,19H2,1H3,(H,31,32)/b29-18-. The smallest absolute Gasteiger partial charge is 0.343 e. The van der Waals surface area contributed by atoms with Crippen LogP contribution in [0.25, 0.3) is 10.8 Å². The number of carbonyl (C=O) groups is 2. The van der Waals surface area contributed by atoms with E-state index in [-0.39, 0.29) is 10.6 Å². The molecule has 194 valence electrons. The maximum absolute atomic E-state index is 12.8. The average Bonchev–Trinajstić information content (AvgIpc) is 2.94. The zero-order valence-electron chi connectivity index (χ0n) is 20.5. The van der Waals surface area contributed by atoms with E-state index in [2.05, 4.69) is 15.2 Å². The second-order valence-corrected chi connectivity index (χ2v) is 9.74. The maximum atomic E-state index is 12.8. The quantitative estimate of drug-likeness (QED) is 0.139. The van der Waals surface area contributed by atoms with E-state index in [0.717, 1.165) is 10.8 Å². The summed E-state index contributed by atoms with van der Waals surface area (Å²) in [5, 5.41) is 5.59. The number of hydrogen-bond donors (Lipinski definition) is 2. The molecule has 9 nitrogen and oxygen atoms in total. The van der Waals surface area contributed by atoms with Gasteiger partial charge in [-0.15, -0.1) is 0 Å². The lowest BCUT2D eigenvalue weighted by Gasteiger charge is -2.11. The topological polar surface area (TPSA) is 123 Å². The Kier molecular flexibility index (Phi) is 8.47. The van der Waals surface area contributed by atoms with Crippen molar-refractivity contribution in [1.82, 2.24) is 10.1 Å². The highest BCUT2D eigenvalue weighted by Gasteiger charge is 2.16. The van der Waals surface area contributed by atoms with Crippen molar-refractivity contribution in [3.8, 4) is 11.5 Å². The van der Waals surface area contributed by atoms with Crippen LogP contribution in [0.5, 0.6) is 11.5 Å². The molecule has 4 rings (SSSR count). The lowest BCUT2D eigenvalue weighted by Crippen LogP contribution is -2.34. The van der Waals surface area contributed by atoms with Crippen LogP contribution in [0.2, 0.25) is 0 Å². The van der Waals surface area contributed by atoms with Gasteiger partial charge >= 0.3 is 5.97 Å². The highest BCUT2D eigenvalue weighted by molar-refractivity contribution is 7.89. The minimum Gasteiger partial charge on any atom is -0.494 e. The van der Waals surface area contributed by atoms with E-state index >= 15 is 0 Å². The highest BCUT2D eigenvalue weighted by atomic mass is 32.2. The summed E-state index contributed by atoms with van der Waals surface area (Å²) < 4.78 is 37.9. The molecule has 0 aliphatic heterocycles. The molecular weight excluding hydrogens is 506 g/mol. The van der Waals surface area contributed by atoms with Crippen molar-refractivity contribution in [2.24, 2.45) is 5.10 Å². The van der Waals surface area contributed by atoms with Crippen LogP contribution in [-0.2, 0) is 14.8 Å². The molecule has 0 atom stereocenters. The molecule has 0 heterocycles.